The van der Waals surface area contributed by atoms with Crippen molar-refractivity contribution in [3.8, 4) is 0 Å². The van der Waals surface area contributed by atoms with Gasteiger partial charge in [0.15, 0.2) is 0 Å². The van der Waals surface area contributed by atoms with Crippen molar-refractivity contribution in [2.24, 2.45) is 0 Å². The highest BCUT2D eigenvalue weighted by molar-refractivity contribution is 6.31. The van der Waals surface area contributed by atoms with Crippen LogP contribution in [-0.2, 0) is 6.54 Å². The summed E-state index contributed by atoms with van der Waals surface area (Å²) in [5, 5.41) is 0.938. The van der Waals surface area contributed by atoms with Crippen LogP contribution in [-0.4, -0.2) is 34.1 Å². The van der Waals surface area contributed by atoms with Gasteiger partial charge < -0.3 is 4.98 Å². The zero-order valence-electron chi connectivity index (χ0n) is 16.2. The maximum absolute atomic E-state index is 12.6. The number of fused-ring (bicyclic) bond motifs is 1. The van der Waals surface area contributed by atoms with Crippen molar-refractivity contribution in [1.82, 2.24) is 14.5 Å². The van der Waals surface area contributed by atoms with Crippen LogP contribution >= 0.6 is 11.6 Å². The number of hydrogen-bond donors (Lipinski definition) is 1. The van der Waals surface area contributed by atoms with Gasteiger partial charge in [0.25, 0.3) is 5.56 Å². The molecule has 5 nitrogen and oxygen atoms in total. The highest BCUT2D eigenvalue weighted by Crippen LogP contribution is 2.22. The van der Waals surface area contributed by atoms with Gasteiger partial charge in [-0.25, -0.2) is 4.79 Å². The second kappa shape index (κ2) is 8.80. The van der Waals surface area contributed by atoms with Gasteiger partial charge in [-0.3, -0.25) is 14.3 Å². The van der Waals surface area contributed by atoms with Gasteiger partial charge in [0.2, 0.25) is 0 Å². The maximum atomic E-state index is 12.6. The van der Waals surface area contributed by atoms with Gasteiger partial charge in [-0.15, -0.1) is 0 Å². The summed E-state index contributed by atoms with van der Waals surface area (Å²) in [6, 6.07) is 15.5. The Hall–Kier alpha value is -2.63. The van der Waals surface area contributed by atoms with Crippen LogP contribution in [0.4, 0.5) is 0 Å². The predicted octanol–water partition coefficient (Wildman–Crippen LogP) is 3.91. The average Bonchev–Trinajstić information content (AvgIpc) is 2.75. The smallest absolute Gasteiger partial charge is 0.307 e. The first-order valence-corrected chi connectivity index (χ1v) is 10.4. The molecule has 0 unspecified atom stereocenters. The molecule has 6 heteroatoms. The van der Waals surface area contributed by atoms with E-state index < -0.39 is 0 Å². The Bertz CT molecular complexity index is 1150. The molecular formula is C23H24ClN3O2. The number of nitrogens with one attached hydrogen (secondary N) is 1. The number of nitrogens with zero attached hydrogens (tertiary/aromatic N) is 2. The Balaban J connectivity index is 1.33. The third-order valence-corrected chi connectivity index (χ3v) is 5.72. The van der Waals surface area contributed by atoms with Crippen molar-refractivity contribution < 1.29 is 0 Å². The fourth-order valence-corrected chi connectivity index (χ4v) is 4.03. The summed E-state index contributed by atoms with van der Waals surface area (Å²) in [6.45, 7) is 3.36. The van der Waals surface area contributed by atoms with Crippen LogP contribution in [0.5, 0.6) is 0 Å². The van der Waals surface area contributed by atoms with Crippen LogP contribution in [0.1, 0.15) is 24.8 Å². The highest BCUT2D eigenvalue weighted by atomic mass is 35.5. The molecule has 1 aliphatic rings. The minimum Gasteiger partial charge on any atom is -0.307 e. The molecule has 2 aromatic carbocycles. The van der Waals surface area contributed by atoms with Gasteiger partial charge in [0.1, 0.15) is 0 Å². The number of H-pyrrole nitrogens is 1. The van der Waals surface area contributed by atoms with E-state index in [-0.39, 0.29) is 11.2 Å². The molecule has 1 aliphatic heterocycles. The summed E-state index contributed by atoms with van der Waals surface area (Å²) in [5.41, 5.74) is 2.60. The van der Waals surface area contributed by atoms with E-state index in [1.165, 1.54) is 15.7 Å². The maximum Gasteiger partial charge on any atom is 0.328 e. The number of benzene rings is 2. The number of unbranched alkanes of at least 4 members (excludes halogenated alkanes) is 1. The van der Waals surface area contributed by atoms with Crippen molar-refractivity contribution >= 4 is 28.1 Å². The summed E-state index contributed by atoms with van der Waals surface area (Å²) in [7, 11) is 0. The molecule has 29 heavy (non-hydrogen) atoms. The van der Waals surface area contributed by atoms with Crippen LogP contribution in [0.15, 0.2) is 64.2 Å². The molecule has 0 aliphatic carbocycles. The monoisotopic (exact) mass is 409 g/mol. The molecule has 1 aromatic heterocycles. The molecule has 0 radical (unpaired) electrons. The fraction of sp³-hybridized carbons (Fsp3) is 0.304. The Labute approximate surface area is 174 Å². The number of hydrogen-bond acceptors (Lipinski definition) is 3. The molecule has 2 heterocycles. The van der Waals surface area contributed by atoms with E-state index in [0.717, 1.165) is 38.9 Å². The average molecular weight is 410 g/mol. The van der Waals surface area contributed by atoms with Crippen molar-refractivity contribution in [1.29, 1.82) is 0 Å². The summed E-state index contributed by atoms with van der Waals surface area (Å²) in [5.74, 6) is 0. The topological polar surface area (TPSA) is 58.1 Å². The first-order valence-electron chi connectivity index (χ1n) is 10.0. The molecule has 0 fully saturated rings. The first-order chi connectivity index (χ1) is 14.1. The Morgan fingerprint density at radius 3 is 2.55 bits per heavy atom. The second-order valence-corrected chi connectivity index (χ2v) is 7.87. The van der Waals surface area contributed by atoms with E-state index in [1.54, 1.807) is 18.2 Å². The van der Waals surface area contributed by atoms with Crippen molar-refractivity contribution in [2.75, 3.05) is 19.6 Å². The third kappa shape index (κ3) is 4.52. The van der Waals surface area contributed by atoms with Gasteiger partial charge in [-0.05, 0) is 55.1 Å². The molecule has 1 N–H and O–H groups in total. The Morgan fingerprint density at radius 2 is 1.79 bits per heavy atom. The molecule has 150 valence electrons. The molecule has 0 atom stereocenters. The lowest BCUT2D eigenvalue weighted by Gasteiger charge is -2.26. The molecule has 0 amide bonds. The number of halogens is 1. The molecular weight excluding hydrogens is 386 g/mol. The summed E-state index contributed by atoms with van der Waals surface area (Å²) in [6.07, 6.45) is 5.07. The van der Waals surface area contributed by atoms with Gasteiger partial charge in [-0.2, -0.15) is 0 Å². The minimum absolute atomic E-state index is 0.278. The first kappa shape index (κ1) is 19.7. The summed E-state index contributed by atoms with van der Waals surface area (Å²) >= 11 is 5.99. The molecule has 0 saturated heterocycles. The van der Waals surface area contributed by atoms with Crippen LogP contribution in [0.2, 0.25) is 5.02 Å². The second-order valence-electron chi connectivity index (χ2n) is 7.43. The van der Waals surface area contributed by atoms with Crippen LogP contribution in [0.3, 0.4) is 0 Å². The molecule has 0 bridgehead atoms. The standard InChI is InChI=1S/C23H24ClN3O2/c24-19-8-9-21-20(16-19)22(28)27(23(29)25-21)13-5-4-12-26-14-10-18(11-15-26)17-6-2-1-3-7-17/h1-3,6-10,16H,4-5,11-15H2,(H,25,29). The fourth-order valence-electron chi connectivity index (χ4n) is 3.86. The van der Waals surface area contributed by atoms with E-state index in [2.05, 4.69) is 40.2 Å². The summed E-state index contributed by atoms with van der Waals surface area (Å²) < 4.78 is 1.28. The SMILES string of the molecule is O=c1[nH]c2ccc(Cl)cc2c(=O)n1CCCCN1CC=C(c2ccccc2)CC1. The highest BCUT2D eigenvalue weighted by Gasteiger charge is 2.13. The lowest BCUT2D eigenvalue weighted by Crippen LogP contribution is -2.35. The quantitative estimate of drug-likeness (QED) is 0.628. The zero-order valence-corrected chi connectivity index (χ0v) is 17.0. The van der Waals surface area contributed by atoms with E-state index in [1.807, 2.05) is 6.07 Å². The largest absolute Gasteiger partial charge is 0.328 e. The van der Waals surface area contributed by atoms with Gasteiger partial charge in [-0.1, -0.05) is 48.0 Å². The lowest BCUT2D eigenvalue weighted by atomic mass is 9.99. The van der Waals surface area contributed by atoms with Gasteiger partial charge in [0.05, 0.1) is 10.9 Å². The zero-order chi connectivity index (χ0) is 20.2. The van der Waals surface area contributed by atoms with Gasteiger partial charge >= 0.3 is 5.69 Å². The van der Waals surface area contributed by atoms with Crippen LogP contribution < -0.4 is 11.2 Å². The predicted molar refractivity (Wildman–Crippen MR) is 119 cm³/mol. The van der Waals surface area contributed by atoms with E-state index in [0.29, 0.717) is 22.5 Å². The van der Waals surface area contributed by atoms with Crippen molar-refractivity contribution in [3.63, 3.8) is 0 Å². The molecule has 4 rings (SSSR count). The van der Waals surface area contributed by atoms with E-state index >= 15 is 0 Å². The Kier molecular flexibility index (Phi) is 5.97. The molecule has 0 saturated carbocycles. The number of rotatable bonds is 6. The molecule has 3 aromatic rings. The Morgan fingerprint density at radius 1 is 1.00 bits per heavy atom. The lowest BCUT2D eigenvalue weighted by molar-refractivity contribution is 0.292. The number of aromatic amines is 1. The summed E-state index contributed by atoms with van der Waals surface area (Å²) in [4.78, 5) is 30.1. The number of aromatic nitrogens is 2. The third-order valence-electron chi connectivity index (χ3n) is 5.49. The van der Waals surface area contributed by atoms with Crippen LogP contribution in [0, 0.1) is 0 Å². The normalized spacial score (nSPS) is 14.9. The van der Waals surface area contributed by atoms with Crippen LogP contribution in [0.25, 0.3) is 16.5 Å². The van der Waals surface area contributed by atoms with Gasteiger partial charge in [0, 0.05) is 24.7 Å². The van der Waals surface area contributed by atoms with Crippen molar-refractivity contribution in [2.45, 2.75) is 25.8 Å². The van der Waals surface area contributed by atoms with Crippen molar-refractivity contribution in [3.05, 3.63) is 86.0 Å². The minimum atomic E-state index is -0.363. The van der Waals surface area contributed by atoms with E-state index in [9.17, 15) is 9.59 Å². The van der Waals surface area contributed by atoms with E-state index in [4.69, 9.17) is 11.6 Å². The molecule has 0 spiro atoms.